The van der Waals surface area contributed by atoms with Gasteiger partial charge in [-0.15, -0.1) is 0 Å². The number of amides is 3. The molecule has 0 radical (unpaired) electrons. The molecule has 21 heavy (non-hydrogen) atoms. The van der Waals surface area contributed by atoms with Crippen LogP contribution in [0.3, 0.4) is 0 Å². The van der Waals surface area contributed by atoms with Gasteiger partial charge in [-0.25, -0.2) is 9.18 Å². The molecule has 0 atom stereocenters. The molecular weight excluding hydrogens is 277 g/mol. The molecule has 0 saturated heterocycles. The monoisotopic (exact) mass is 295 g/mol. The van der Waals surface area contributed by atoms with Gasteiger partial charge in [-0.1, -0.05) is 0 Å². The molecule has 6 nitrogen and oxygen atoms in total. The van der Waals surface area contributed by atoms with Crippen LogP contribution in [-0.2, 0) is 0 Å². The highest BCUT2D eigenvalue weighted by Gasteiger charge is 2.32. The Bertz CT molecular complexity index is 546. The van der Waals surface area contributed by atoms with E-state index in [1.807, 2.05) is 0 Å². The molecule has 0 bridgehead atoms. The lowest BCUT2D eigenvalue weighted by molar-refractivity contribution is 0.0959. The molecule has 3 N–H and O–H groups in total. The standard InChI is InChI=1S/C14H18FN3O3/c1-16-13(20)11-8-9(2-5-12(11)15)17-14(21)18(6-7-19)10-3-4-10/h2,5,8,10,19H,3-4,6-7H2,1H3,(H,16,20)(H,17,21). The van der Waals surface area contributed by atoms with E-state index in [2.05, 4.69) is 10.6 Å². The summed E-state index contributed by atoms with van der Waals surface area (Å²) in [6.07, 6.45) is 1.83. The number of hydrogen-bond acceptors (Lipinski definition) is 3. The highest BCUT2D eigenvalue weighted by atomic mass is 19.1. The molecule has 1 fully saturated rings. The highest BCUT2D eigenvalue weighted by Crippen LogP contribution is 2.27. The lowest BCUT2D eigenvalue weighted by atomic mass is 10.1. The third-order valence-electron chi connectivity index (χ3n) is 3.28. The number of benzene rings is 1. The largest absolute Gasteiger partial charge is 0.395 e. The molecular formula is C14H18FN3O3. The third kappa shape index (κ3) is 3.69. The fraction of sp³-hybridized carbons (Fsp3) is 0.429. The van der Waals surface area contributed by atoms with Crippen LogP contribution in [0.2, 0.25) is 0 Å². The van der Waals surface area contributed by atoms with E-state index in [9.17, 15) is 14.0 Å². The van der Waals surface area contributed by atoms with Gasteiger partial charge < -0.3 is 20.6 Å². The number of hydrogen-bond donors (Lipinski definition) is 3. The van der Waals surface area contributed by atoms with Crippen molar-refractivity contribution >= 4 is 17.6 Å². The minimum Gasteiger partial charge on any atom is -0.395 e. The maximum atomic E-state index is 13.5. The number of carbonyl (C=O) groups is 2. The van der Waals surface area contributed by atoms with Gasteiger partial charge in [0.15, 0.2) is 0 Å². The molecule has 3 amide bonds. The van der Waals surface area contributed by atoms with Crippen LogP contribution in [0, 0.1) is 5.82 Å². The van der Waals surface area contributed by atoms with Crippen molar-refractivity contribution in [1.29, 1.82) is 0 Å². The summed E-state index contributed by atoms with van der Waals surface area (Å²) in [5.74, 6) is -1.21. The van der Waals surface area contributed by atoms with Crippen molar-refractivity contribution in [3.63, 3.8) is 0 Å². The number of rotatable bonds is 5. The van der Waals surface area contributed by atoms with Crippen LogP contribution in [0.5, 0.6) is 0 Å². The van der Waals surface area contributed by atoms with E-state index in [1.165, 1.54) is 19.2 Å². The lowest BCUT2D eigenvalue weighted by Crippen LogP contribution is -2.38. The van der Waals surface area contributed by atoms with E-state index in [4.69, 9.17) is 5.11 Å². The van der Waals surface area contributed by atoms with E-state index in [0.29, 0.717) is 5.69 Å². The van der Waals surface area contributed by atoms with Gasteiger partial charge >= 0.3 is 6.03 Å². The first-order valence-corrected chi connectivity index (χ1v) is 6.77. The van der Waals surface area contributed by atoms with Crippen LogP contribution in [-0.4, -0.2) is 48.2 Å². The van der Waals surface area contributed by atoms with E-state index < -0.39 is 11.7 Å². The van der Waals surface area contributed by atoms with Crippen molar-refractivity contribution in [2.45, 2.75) is 18.9 Å². The summed E-state index contributed by atoms with van der Waals surface area (Å²) < 4.78 is 13.5. The topological polar surface area (TPSA) is 81.7 Å². The van der Waals surface area contributed by atoms with E-state index in [0.717, 1.165) is 18.9 Å². The zero-order valence-corrected chi connectivity index (χ0v) is 11.7. The Labute approximate surface area is 121 Å². The third-order valence-corrected chi connectivity index (χ3v) is 3.28. The van der Waals surface area contributed by atoms with Crippen LogP contribution < -0.4 is 10.6 Å². The normalized spacial score (nSPS) is 13.7. The Balaban J connectivity index is 2.11. The van der Waals surface area contributed by atoms with E-state index in [1.54, 1.807) is 4.90 Å². The summed E-state index contributed by atoms with van der Waals surface area (Å²) in [4.78, 5) is 25.2. The van der Waals surface area contributed by atoms with Crippen LogP contribution in [0.15, 0.2) is 18.2 Å². The molecule has 0 spiro atoms. The maximum Gasteiger partial charge on any atom is 0.322 e. The number of aliphatic hydroxyl groups excluding tert-OH is 1. The van der Waals surface area contributed by atoms with Gasteiger partial charge in [0.05, 0.1) is 12.2 Å². The second kappa shape index (κ2) is 6.53. The van der Waals surface area contributed by atoms with Crippen molar-refractivity contribution in [3.05, 3.63) is 29.6 Å². The molecule has 0 aliphatic heterocycles. The summed E-state index contributed by atoms with van der Waals surface area (Å²) in [5.41, 5.74) is 0.207. The van der Waals surface area contributed by atoms with Gasteiger partial charge in [0, 0.05) is 25.3 Å². The molecule has 1 aliphatic rings. The Morgan fingerprint density at radius 1 is 1.43 bits per heavy atom. The van der Waals surface area contributed by atoms with Gasteiger partial charge in [-0.2, -0.15) is 0 Å². The van der Waals surface area contributed by atoms with Crippen molar-refractivity contribution in [2.75, 3.05) is 25.5 Å². The smallest absolute Gasteiger partial charge is 0.322 e. The van der Waals surface area contributed by atoms with Crippen LogP contribution in [0.25, 0.3) is 0 Å². The van der Waals surface area contributed by atoms with Crippen LogP contribution in [0.4, 0.5) is 14.9 Å². The quantitative estimate of drug-likeness (QED) is 0.763. The number of nitrogens with one attached hydrogen (secondary N) is 2. The minimum absolute atomic E-state index is 0.114. The van der Waals surface area contributed by atoms with Crippen LogP contribution in [0.1, 0.15) is 23.2 Å². The fourth-order valence-electron chi connectivity index (χ4n) is 2.05. The van der Waals surface area contributed by atoms with Gasteiger partial charge in [0.1, 0.15) is 5.82 Å². The SMILES string of the molecule is CNC(=O)c1cc(NC(=O)N(CCO)C2CC2)ccc1F. The highest BCUT2D eigenvalue weighted by molar-refractivity contribution is 5.97. The number of urea groups is 1. The minimum atomic E-state index is -0.651. The molecule has 114 valence electrons. The number of nitrogens with zero attached hydrogens (tertiary/aromatic N) is 1. The molecule has 1 aromatic rings. The fourth-order valence-corrected chi connectivity index (χ4v) is 2.05. The van der Waals surface area contributed by atoms with Gasteiger partial charge in [-0.3, -0.25) is 4.79 Å². The first-order chi connectivity index (χ1) is 10.1. The molecule has 2 rings (SSSR count). The lowest BCUT2D eigenvalue weighted by Gasteiger charge is -2.22. The number of halogens is 1. The van der Waals surface area contributed by atoms with Crippen molar-refractivity contribution in [1.82, 2.24) is 10.2 Å². The Hall–Kier alpha value is -2.15. The van der Waals surface area contributed by atoms with E-state index >= 15 is 0 Å². The van der Waals surface area contributed by atoms with Gasteiger partial charge in [0.25, 0.3) is 5.91 Å². The zero-order valence-electron chi connectivity index (χ0n) is 11.7. The van der Waals surface area contributed by atoms with E-state index in [-0.39, 0.29) is 30.8 Å². The summed E-state index contributed by atoms with van der Waals surface area (Å²) in [6.45, 7) is 0.136. The molecule has 7 heteroatoms. The molecule has 1 aliphatic carbocycles. The average Bonchev–Trinajstić information content (AvgIpc) is 3.30. The Morgan fingerprint density at radius 3 is 2.71 bits per heavy atom. The second-order valence-electron chi connectivity index (χ2n) is 4.85. The molecule has 0 unspecified atom stereocenters. The molecule has 0 heterocycles. The predicted molar refractivity (Wildman–Crippen MR) is 75.6 cm³/mol. The van der Waals surface area contributed by atoms with Crippen LogP contribution >= 0.6 is 0 Å². The number of anilines is 1. The molecule has 1 saturated carbocycles. The Morgan fingerprint density at radius 2 is 2.14 bits per heavy atom. The van der Waals surface area contributed by atoms with Crippen molar-refractivity contribution < 1.29 is 19.1 Å². The maximum absolute atomic E-state index is 13.5. The van der Waals surface area contributed by atoms with Gasteiger partial charge in [0.2, 0.25) is 0 Å². The Kier molecular flexibility index (Phi) is 4.74. The summed E-state index contributed by atoms with van der Waals surface area (Å²) in [7, 11) is 1.41. The predicted octanol–water partition coefficient (Wildman–Crippen LogP) is 1.17. The number of carbonyl (C=O) groups excluding carboxylic acids is 2. The van der Waals surface area contributed by atoms with Crippen molar-refractivity contribution in [3.8, 4) is 0 Å². The van der Waals surface area contributed by atoms with Gasteiger partial charge in [-0.05, 0) is 31.0 Å². The summed E-state index contributed by atoms with van der Waals surface area (Å²) in [6, 6.07) is 3.60. The second-order valence-corrected chi connectivity index (χ2v) is 4.85. The number of aliphatic hydroxyl groups is 1. The molecule has 0 aromatic heterocycles. The first-order valence-electron chi connectivity index (χ1n) is 6.77. The summed E-state index contributed by atoms with van der Waals surface area (Å²) >= 11 is 0. The first kappa shape index (κ1) is 15.2. The average molecular weight is 295 g/mol. The molecule has 1 aromatic carbocycles. The zero-order chi connectivity index (χ0) is 15.4. The van der Waals surface area contributed by atoms with Crippen molar-refractivity contribution in [2.24, 2.45) is 0 Å². The summed E-state index contributed by atoms with van der Waals surface area (Å²) in [5, 5.41) is 14.0.